The van der Waals surface area contributed by atoms with Gasteiger partial charge in [0.1, 0.15) is 0 Å². The predicted octanol–water partition coefficient (Wildman–Crippen LogP) is 7.27. The van der Waals surface area contributed by atoms with Crippen LogP contribution in [0.3, 0.4) is 0 Å². The topological polar surface area (TPSA) is 17.1 Å². The molecule has 20 heavy (non-hydrogen) atoms. The van der Waals surface area contributed by atoms with Gasteiger partial charge in [0.2, 0.25) is 0 Å². The SMILES string of the molecule is CCCCCCCCCCCC(=O)c1cc(Cl)c(Br)s1. The van der Waals surface area contributed by atoms with Crippen LogP contribution >= 0.6 is 38.9 Å². The van der Waals surface area contributed by atoms with E-state index in [0.717, 1.165) is 15.1 Å². The summed E-state index contributed by atoms with van der Waals surface area (Å²) in [7, 11) is 0. The van der Waals surface area contributed by atoms with E-state index in [9.17, 15) is 4.79 Å². The summed E-state index contributed by atoms with van der Waals surface area (Å²) in [5.41, 5.74) is 0. The highest BCUT2D eigenvalue weighted by Crippen LogP contribution is 2.32. The molecule has 0 N–H and O–H groups in total. The molecule has 0 unspecified atom stereocenters. The number of rotatable bonds is 11. The zero-order valence-electron chi connectivity index (χ0n) is 12.2. The van der Waals surface area contributed by atoms with Crippen LogP contribution in [0.5, 0.6) is 0 Å². The normalized spacial score (nSPS) is 10.9. The number of Topliss-reactive ketones (excluding diaryl/α,β-unsaturated/α-hetero) is 1. The van der Waals surface area contributed by atoms with Gasteiger partial charge in [-0.05, 0) is 28.4 Å². The van der Waals surface area contributed by atoms with Crippen molar-refractivity contribution >= 4 is 44.7 Å². The molecule has 0 amide bonds. The van der Waals surface area contributed by atoms with Crippen molar-refractivity contribution in [2.75, 3.05) is 0 Å². The molecule has 1 aromatic rings. The van der Waals surface area contributed by atoms with E-state index in [1.165, 1.54) is 62.7 Å². The Labute approximate surface area is 140 Å². The third-order valence-electron chi connectivity index (χ3n) is 3.43. The first-order chi connectivity index (χ1) is 9.65. The molecular weight excluding hydrogens is 356 g/mol. The fourth-order valence-electron chi connectivity index (χ4n) is 2.20. The Kier molecular flexibility index (Phi) is 9.83. The average Bonchev–Trinajstić information content (AvgIpc) is 2.77. The van der Waals surface area contributed by atoms with Crippen molar-refractivity contribution in [3.05, 3.63) is 19.8 Å². The van der Waals surface area contributed by atoms with E-state index in [1.807, 2.05) is 0 Å². The number of halogens is 2. The third-order valence-corrected chi connectivity index (χ3v) is 5.94. The van der Waals surface area contributed by atoms with Crippen molar-refractivity contribution in [2.24, 2.45) is 0 Å². The lowest BCUT2D eigenvalue weighted by Crippen LogP contribution is -1.95. The highest BCUT2D eigenvalue weighted by Gasteiger charge is 2.11. The monoisotopic (exact) mass is 378 g/mol. The van der Waals surface area contributed by atoms with Crippen LogP contribution < -0.4 is 0 Å². The smallest absolute Gasteiger partial charge is 0.172 e. The van der Waals surface area contributed by atoms with Gasteiger partial charge in [0.25, 0.3) is 0 Å². The molecule has 0 aliphatic rings. The molecule has 4 heteroatoms. The Balaban J connectivity index is 2.02. The van der Waals surface area contributed by atoms with E-state index in [1.54, 1.807) is 6.07 Å². The lowest BCUT2D eigenvalue weighted by molar-refractivity contribution is 0.0983. The first-order valence-electron chi connectivity index (χ1n) is 7.63. The van der Waals surface area contributed by atoms with Crippen molar-refractivity contribution in [3.8, 4) is 0 Å². The van der Waals surface area contributed by atoms with E-state index >= 15 is 0 Å². The zero-order valence-corrected chi connectivity index (χ0v) is 15.4. The second-order valence-electron chi connectivity index (χ2n) is 5.23. The molecule has 1 aromatic heterocycles. The molecule has 0 bridgehead atoms. The van der Waals surface area contributed by atoms with Crippen LogP contribution in [0, 0.1) is 0 Å². The maximum Gasteiger partial charge on any atom is 0.172 e. The van der Waals surface area contributed by atoms with Gasteiger partial charge in [-0.2, -0.15) is 0 Å². The second-order valence-corrected chi connectivity index (χ2v) is 8.01. The number of hydrogen-bond donors (Lipinski definition) is 0. The van der Waals surface area contributed by atoms with Gasteiger partial charge in [0, 0.05) is 6.42 Å². The molecular formula is C16H24BrClOS. The molecule has 0 fully saturated rings. The molecule has 1 heterocycles. The summed E-state index contributed by atoms with van der Waals surface area (Å²) in [4.78, 5) is 12.7. The van der Waals surface area contributed by atoms with Crippen LogP contribution in [-0.4, -0.2) is 5.78 Å². The van der Waals surface area contributed by atoms with Crippen LogP contribution in [0.25, 0.3) is 0 Å². The van der Waals surface area contributed by atoms with Crippen LogP contribution in [-0.2, 0) is 0 Å². The minimum atomic E-state index is 0.227. The molecule has 1 rings (SSSR count). The first kappa shape index (κ1) is 18.2. The van der Waals surface area contributed by atoms with Crippen molar-refractivity contribution in [3.63, 3.8) is 0 Å². The summed E-state index contributed by atoms with van der Waals surface area (Å²) in [6.07, 6.45) is 12.2. The number of unbranched alkanes of at least 4 members (excludes halogenated alkanes) is 8. The average molecular weight is 380 g/mol. The summed E-state index contributed by atoms with van der Waals surface area (Å²) in [6.45, 7) is 2.25. The number of thiophene rings is 1. The number of carbonyl (C=O) groups excluding carboxylic acids is 1. The van der Waals surface area contributed by atoms with Crippen molar-refractivity contribution < 1.29 is 4.79 Å². The van der Waals surface area contributed by atoms with Crippen molar-refractivity contribution in [1.29, 1.82) is 0 Å². The predicted molar refractivity (Wildman–Crippen MR) is 93.2 cm³/mol. The molecule has 0 saturated heterocycles. The Bertz CT molecular complexity index is 384. The van der Waals surface area contributed by atoms with E-state index in [2.05, 4.69) is 22.9 Å². The highest BCUT2D eigenvalue weighted by atomic mass is 79.9. The van der Waals surface area contributed by atoms with Crippen LogP contribution in [0.2, 0.25) is 5.02 Å². The van der Waals surface area contributed by atoms with Gasteiger partial charge >= 0.3 is 0 Å². The van der Waals surface area contributed by atoms with Gasteiger partial charge in [0.15, 0.2) is 5.78 Å². The van der Waals surface area contributed by atoms with E-state index in [0.29, 0.717) is 11.4 Å². The van der Waals surface area contributed by atoms with E-state index in [-0.39, 0.29) is 5.78 Å². The highest BCUT2D eigenvalue weighted by molar-refractivity contribution is 9.11. The van der Waals surface area contributed by atoms with Crippen LogP contribution in [0.15, 0.2) is 9.85 Å². The number of ketones is 1. The van der Waals surface area contributed by atoms with Gasteiger partial charge < -0.3 is 0 Å². The molecule has 114 valence electrons. The molecule has 0 radical (unpaired) electrons. The number of carbonyl (C=O) groups is 1. The second kappa shape index (κ2) is 10.8. The van der Waals surface area contributed by atoms with Gasteiger partial charge in [-0.25, -0.2) is 0 Å². The van der Waals surface area contributed by atoms with Crippen molar-refractivity contribution in [2.45, 2.75) is 71.1 Å². The Morgan fingerprint density at radius 3 is 2.15 bits per heavy atom. The summed E-state index contributed by atoms with van der Waals surface area (Å²) in [6, 6.07) is 1.77. The minimum Gasteiger partial charge on any atom is -0.293 e. The molecule has 0 aliphatic carbocycles. The Morgan fingerprint density at radius 2 is 1.65 bits per heavy atom. The summed E-state index contributed by atoms with van der Waals surface area (Å²) < 4.78 is 0.856. The summed E-state index contributed by atoms with van der Waals surface area (Å²) in [5, 5.41) is 0.644. The van der Waals surface area contributed by atoms with Crippen molar-refractivity contribution in [1.82, 2.24) is 0 Å². The van der Waals surface area contributed by atoms with E-state index < -0.39 is 0 Å². The van der Waals surface area contributed by atoms with Gasteiger partial charge in [-0.3, -0.25) is 4.79 Å². The van der Waals surface area contributed by atoms with Gasteiger partial charge in [0.05, 0.1) is 13.7 Å². The largest absolute Gasteiger partial charge is 0.293 e. The molecule has 0 aliphatic heterocycles. The first-order valence-corrected chi connectivity index (χ1v) is 9.62. The lowest BCUT2D eigenvalue weighted by atomic mass is 10.1. The van der Waals surface area contributed by atoms with Gasteiger partial charge in [-0.1, -0.05) is 69.9 Å². The molecule has 0 spiro atoms. The summed E-state index contributed by atoms with van der Waals surface area (Å²) in [5.74, 6) is 0.227. The Hall–Kier alpha value is 0.140. The fraction of sp³-hybridized carbons (Fsp3) is 0.688. The maximum atomic E-state index is 11.9. The fourth-order valence-corrected chi connectivity index (χ4v) is 3.87. The quantitative estimate of drug-likeness (QED) is 0.292. The number of hydrogen-bond acceptors (Lipinski definition) is 2. The standard InChI is InChI=1S/C16H24BrClOS/c1-2-3-4-5-6-7-8-9-10-11-14(19)15-12-13(18)16(17)20-15/h12H,2-11H2,1H3. The van der Waals surface area contributed by atoms with E-state index in [4.69, 9.17) is 11.6 Å². The molecule has 1 nitrogen and oxygen atoms in total. The Morgan fingerprint density at radius 1 is 1.10 bits per heavy atom. The zero-order chi connectivity index (χ0) is 14.8. The van der Waals surface area contributed by atoms with Crippen LogP contribution in [0.1, 0.15) is 80.8 Å². The third kappa shape index (κ3) is 7.24. The van der Waals surface area contributed by atoms with Crippen LogP contribution in [0.4, 0.5) is 0 Å². The molecule has 0 saturated carbocycles. The maximum absolute atomic E-state index is 11.9. The summed E-state index contributed by atoms with van der Waals surface area (Å²) >= 11 is 10.7. The molecule has 0 atom stereocenters. The van der Waals surface area contributed by atoms with Gasteiger partial charge in [-0.15, -0.1) is 11.3 Å². The molecule has 0 aromatic carbocycles. The minimum absolute atomic E-state index is 0.227. The lowest BCUT2D eigenvalue weighted by Gasteiger charge is -2.01.